The first-order valence-electron chi connectivity index (χ1n) is 6.89. The van der Waals surface area contributed by atoms with Crippen molar-refractivity contribution >= 4 is 44.3 Å². The van der Waals surface area contributed by atoms with Gasteiger partial charge in [-0.2, -0.15) is 0 Å². The summed E-state index contributed by atoms with van der Waals surface area (Å²) in [6.07, 6.45) is 0. The van der Waals surface area contributed by atoms with Gasteiger partial charge in [0.15, 0.2) is 0 Å². The van der Waals surface area contributed by atoms with Gasteiger partial charge in [-0.05, 0) is 84.5 Å². The molecule has 2 aromatic rings. The Hall–Kier alpha value is -1.61. The maximum absolute atomic E-state index is 12.4. The molecule has 0 bridgehead atoms. The number of anilines is 1. The molecule has 0 aliphatic carbocycles. The molecule has 2 rings (SSSR count). The van der Waals surface area contributed by atoms with E-state index in [-0.39, 0.29) is 11.5 Å². The molecule has 0 saturated heterocycles. The Kier molecular flexibility index (Phi) is 5.64. The Labute approximate surface area is 149 Å². The molecule has 0 amide bonds. The number of benzene rings is 2. The van der Waals surface area contributed by atoms with Gasteiger partial charge in [0.25, 0.3) is 10.0 Å². The van der Waals surface area contributed by atoms with Crippen molar-refractivity contribution in [1.82, 2.24) is 0 Å². The molecule has 0 saturated carbocycles. The summed E-state index contributed by atoms with van der Waals surface area (Å²) in [6, 6.07) is 11.1. The van der Waals surface area contributed by atoms with E-state index in [1.807, 2.05) is 19.1 Å². The fourth-order valence-electron chi connectivity index (χ4n) is 1.93. The van der Waals surface area contributed by atoms with Crippen molar-refractivity contribution in [3.05, 3.63) is 57.2 Å². The van der Waals surface area contributed by atoms with Crippen LogP contribution in [0.1, 0.15) is 22.8 Å². The second-order valence-corrected chi connectivity index (χ2v) is 7.74. The zero-order valence-corrected chi connectivity index (χ0v) is 15.6. The zero-order chi connectivity index (χ0) is 17.0. The van der Waals surface area contributed by atoms with Gasteiger partial charge in [-0.1, -0.05) is 0 Å². The lowest BCUT2D eigenvalue weighted by Crippen LogP contribution is -2.14. The van der Waals surface area contributed by atoms with Crippen LogP contribution < -0.4 is 4.72 Å². The number of carbonyl (C=O) groups excluding carboxylic acids is 1. The average Bonchev–Trinajstić information content (AvgIpc) is 2.50. The van der Waals surface area contributed by atoms with Crippen LogP contribution in [0.2, 0.25) is 0 Å². The molecular weight excluding hydrogens is 429 g/mol. The third-order valence-corrected chi connectivity index (χ3v) is 5.16. The minimum absolute atomic E-state index is 0.0866. The van der Waals surface area contributed by atoms with Crippen molar-refractivity contribution in [1.29, 1.82) is 0 Å². The van der Waals surface area contributed by atoms with E-state index in [4.69, 9.17) is 4.74 Å². The van der Waals surface area contributed by atoms with Gasteiger partial charge in [0.05, 0.1) is 22.8 Å². The van der Waals surface area contributed by atoms with E-state index in [0.29, 0.717) is 11.3 Å². The summed E-state index contributed by atoms with van der Waals surface area (Å²) < 4.78 is 33.3. The fourth-order valence-corrected chi connectivity index (χ4v) is 3.71. The SMILES string of the molecule is CCOC(=O)c1ccc(S(=O)(=O)Nc2ccc(I)cc2C)cc1. The standard InChI is InChI=1S/C16H16INO4S/c1-3-22-16(19)12-4-7-14(8-5-12)23(20,21)18-15-9-6-13(17)10-11(15)2/h4-10,18H,3H2,1-2H3. The lowest BCUT2D eigenvalue weighted by atomic mass is 10.2. The topological polar surface area (TPSA) is 72.5 Å². The van der Waals surface area contributed by atoms with Gasteiger partial charge in [0, 0.05) is 3.57 Å². The molecule has 5 nitrogen and oxygen atoms in total. The predicted molar refractivity (Wildman–Crippen MR) is 97.1 cm³/mol. The molecule has 0 radical (unpaired) electrons. The lowest BCUT2D eigenvalue weighted by molar-refractivity contribution is 0.0526. The van der Waals surface area contributed by atoms with Crippen molar-refractivity contribution in [3.63, 3.8) is 0 Å². The number of carbonyl (C=O) groups is 1. The first-order chi connectivity index (χ1) is 10.8. The Morgan fingerprint density at radius 3 is 2.39 bits per heavy atom. The zero-order valence-electron chi connectivity index (χ0n) is 12.7. The summed E-state index contributed by atoms with van der Waals surface area (Å²) in [5.41, 5.74) is 1.68. The van der Waals surface area contributed by atoms with Crippen LogP contribution in [-0.2, 0) is 14.8 Å². The minimum Gasteiger partial charge on any atom is -0.462 e. The predicted octanol–water partition coefficient (Wildman–Crippen LogP) is 3.58. The molecule has 1 N–H and O–H groups in total. The number of sulfonamides is 1. The monoisotopic (exact) mass is 445 g/mol. The number of aryl methyl sites for hydroxylation is 1. The van der Waals surface area contributed by atoms with Crippen LogP contribution in [-0.4, -0.2) is 21.0 Å². The highest BCUT2D eigenvalue weighted by Gasteiger charge is 2.16. The number of ether oxygens (including phenoxy) is 1. The van der Waals surface area contributed by atoms with Crippen LogP contribution in [0.25, 0.3) is 0 Å². The fraction of sp³-hybridized carbons (Fsp3) is 0.188. The van der Waals surface area contributed by atoms with Crippen molar-refractivity contribution in [2.75, 3.05) is 11.3 Å². The van der Waals surface area contributed by atoms with Gasteiger partial charge in [0.1, 0.15) is 0 Å². The molecule has 0 unspecified atom stereocenters. The maximum Gasteiger partial charge on any atom is 0.338 e. The molecule has 0 fully saturated rings. The number of esters is 1. The molecule has 122 valence electrons. The molecule has 2 aromatic carbocycles. The Morgan fingerprint density at radius 1 is 1.17 bits per heavy atom. The maximum atomic E-state index is 12.4. The van der Waals surface area contributed by atoms with Crippen molar-refractivity contribution in [2.45, 2.75) is 18.7 Å². The molecule has 7 heteroatoms. The second kappa shape index (κ2) is 7.31. The highest BCUT2D eigenvalue weighted by atomic mass is 127. The summed E-state index contributed by atoms with van der Waals surface area (Å²) >= 11 is 2.17. The summed E-state index contributed by atoms with van der Waals surface area (Å²) in [5.74, 6) is -0.474. The summed E-state index contributed by atoms with van der Waals surface area (Å²) in [6.45, 7) is 3.82. The minimum atomic E-state index is -3.71. The largest absolute Gasteiger partial charge is 0.462 e. The van der Waals surface area contributed by atoms with E-state index < -0.39 is 16.0 Å². The van der Waals surface area contributed by atoms with Gasteiger partial charge in [0.2, 0.25) is 0 Å². The van der Waals surface area contributed by atoms with E-state index in [1.165, 1.54) is 24.3 Å². The van der Waals surface area contributed by atoms with Crippen molar-refractivity contribution in [3.8, 4) is 0 Å². The van der Waals surface area contributed by atoms with Crippen molar-refractivity contribution in [2.24, 2.45) is 0 Å². The third-order valence-electron chi connectivity index (χ3n) is 3.11. The van der Waals surface area contributed by atoms with Gasteiger partial charge in [-0.3, -0.25) is 4.72 Å². The van der Waals surface area contributed by atoms with E-state index in [0.717, 1.165) is 9.13 Å². The molecule has 0 aliphatic heterocycles. The first-order valence-corrected chi connectivity index (χ1v) is 9.46. The normalized spacial score (nSPS) is 11.1. The van der Waals surface area contributed by atoms with Crippen LogP contribution >= 0.6 is 22.6 Å². The molecule has 0 aromatic heterocycles. The van der Waals surface area contributed by atoms with Gasteiger partial charge in [-0.25, -0.2) is 13.2 Å². The third kappa shape index (κ3) is 4.44. The van der Waals surface area contributed by atoms with E-state index >= 15 is 0 Å². The number of hydrogen-bond donors (Lipinski definition) is 1. The highest BCUT2D eigenvalue weighted by molar-refractivity contribution is 14.1. The first kappa shape index (κ1) is 17.7. The summed E-state index contributed by atoms with van der Waals surface area (Å²) in [7, 11) is -3.71. The number of nitrogens with one attached hydrogen (secondary N) is 1. The Balaban J connectivity index is 2.24. The Morgan fingerprint density at radius 2 is 1.83 bits per heavy atom. The molecule has 23 heavy (non-hydrogen) atoms. The van der Waals surface area contributed by atoms with E-state index in [1.54, 1.807) is 13.0 Å². The highest BCUT2D eigenvalue weighted by Crippen LogP contribution is 2.22. The molecule has 0 aliphatic rings. The van der Waals surface area contributed by atoms with E-state index in [9.17, 15) is 13.2 Å². The molecule has 0 spiro atoms. The van der Waals surface area contributed by atoms with Crippen molar-refractivity contribution < 1.29 is 17.9 Å². The number of halogens is 1. The lowest BCUT2D eigenvalue weighted by Gasteiger charge is -2.11. The van der Waals surface area contributed by atoms with Crippen LogP contribution in [0.4, 0.5) is 5.69 Å². The molecular formula is C16H16INO4S. The Bertz CT molecular complexity index is 816. The quantitative estimate of drug-likeness (QED) is 0.564. The summed E-state index contributed by atoms with van der Waals surface area (Å²) in [4.78, 5) is 11.7. The molecule has 0 heterocycles. The van der Waals surface area contributed by atoms with Crippen LogP contribution in [0.3, 0.4) is 0 Å². The van der Waals surface area contributed by atoms with Crippen LogP contribution in [0.15, 0.2) is 47.4 Å². The number of rotatable bonds is 5. The van der Waals surface area contributed by atoms with Gasteiger partial charge >= 0.3 is 5.97 Å². The molecule has 0 atom stereocenters. The van der Waals surface area contributed by atoms with Gasteiger partial charge < -0.3 is 4.74 Å². The van der Waals surface area contributed by atoms with E-state index in [2.05, 4.69) is 27.3 Å². The summed E-state index contributed by atoms with van der Waals surface area (Å²) in [5, 5.41) is 0. The average molecular weight is 445 g/mol. The van der Waals surface area contributed by atoms with Crippen LogP contribution in [0, 0.1) is 10.5 Å². The smallest absolute Gasteiger partial charge is 0.338 e. The second-order valence-electron chi connectivity index (χ2n) is 4.81. The van der Waals surface area contributed by atoms with Crippen LogP contribution in [0.5, 0.6) is 0 Å². The number of hydrogen-bond acceptors (Lipinski definition) is 4. The van der Waals surface area contributed by atoms with Gasteiger partial charge in [-0.15, -0.1) is 0 Å².